The van der Waals surface area contributed by atoms with Crippen LogP contribution >= 0.6 is 27.5 Å². The first-order valence-corrected chi connectivity index (χ1v) is 16.6. The second-order valence-corrected chi connectivity index (χ2v) is 14.2. The van der Waals surface area contributed by atoms with Gasteiger partial charge >= 0.3 is 5.97 Å². The van der Waals surface area contributed by atoms with Crippen molar-refractivity contribution in [3.63, 3.8) is 0 Å². The largest absolute Gasteiger partial charge is 0.504 e. The summed E-state index contributed by atoms with van der Waals surface area (Å²) in [6.07, 6.45) is 3.66. The molecule has 4 aliphatic rings. The monoisotopic (exact) mass is 730 g/mol. The Morgan fingerprint density at radius 3 is 2.51 bits per heavy atom. The predicted octanol–water partition coefficient (Wildman–Crippen LogP) is 5.83. The van der Waals surface area contributed by atoms with E-state index in [4.69, 9.17) is 21.4 Å². The number of likely N-dealkylation sites (tertiary alicyclic amines) is 1. The maximum atomic E-state index is 14.5. The van der Waals surface area contributed by atoms with E-state index in [1.807, 2.05) is 6.08 Å². The number of ether oxygens (including phenoxy) is 1. The van der Waals surface area contributed by atoms with Crippen LogP contribution < -0.4 is 9.64 Å². The highest BCUT2D eigenvalue weighted by molar-refractivity contribution is 9.10. The third-order valence-corrected chi connectivity index (χ3v) is 11.1. The molecule has 4 amide bonds. The first kappa shape index (κ1) is 33.1. The number of carbonyl (C=O) groups excluding carboxylic acids is 4. The number of aliphatic carboxylic acids is 1. The molecule has 1 saturated carbocycles. The number of benzene rings is 2. The molecule has 10 nitrogen and oxygen atoms in total. The first-order chi connectivity index (χ1) is 22.3. The molecule has 6 atom stereocenters. The van der Waals surface area contributed by atoms with Crippen molar-refractivity contribution in [3.05, 3.63) is 62.9 Å². The summed E-state index contributed by atoms with van der Waals surface area (Å²) in [7, 11) is 1.40. The van der Waals surface area contributed by atoms with Crippen molar-refractivity contribution in [2.24, 2.45) is 29.1 Å². The number of anilines is 1. The van der Waals surface area contributed by atoms with E-state index in [9.17, 15) is 33.5 Å². The van der Waals surface area contributed by atoms with E-state index in [2.05, 4.69) is 15.9 Å². The van der Waals surface area contributed by atoms with Gasteiger partial charge in [-0.15, -0.1) is 0 Å². The van der Waals surface area contributed by atoms with Gasteiger partial charge in [0, 0.05) is 28.9 Å². The molecule has 0 spiro atoms. The molecule has 248 valence electrons. The minimum atomic E-state index is -1.44. The second kappa shape index (κ2) is 12.4. The zero-order chi connectivity index (χ0) is 33.9. The zero-order valence-corrected chi connectivity index (χ0v) is 28.0. The molecule has 47 heavy (non-hydrogen) atoms. The predicted molar refractivity (Wildman–Crippen MR) is 171 cm³/mol. The second-order valence-electron chi connectivity index (χ2n) is 12.8. The molecule has 2 heterocycles. The number of hydrogen-bond acceptors (Lipinski definition) is 7. The van der Waals surface area contributed by atoms with E-state index in [0.29, 0.717) is 34.9 Å². The molecule has 0 bridgehead atoms. The number of amides is 4. The molecule has 3 fully saturated rings. The summed E-state index contributed by atoms with van der Waals surface area (Å²) in [5, 5.41) is 20.2. The number of hydrogen-bond donors (Lipinski definition) is 2. The maximum absolute atomic E-state index is 14.5. The minimum absolute atomic E-state index is 0.00513. The lowest BCUT2D eigenvalue weighted by atomic mass is 9.51. The molecule has 2 aliphatic heterocycles. The average molecular weight is 732 g/mol. The number of carboxylic acid groups (broad SMARTS) is 1. The van der Waals surface area contributed by atoms with Crippen LogP contribution in [-0.4, -0.2) is 58.4 Å². The average Bonchev–Trinajstić information content (AvgIpc) is 3.38. The van der Waals surface area contributed by atoms with E-state index in [0.717, 1.165) is 11.0 Å². The summed E-state index contributed by atoms with van der Waals surface area (Å²) in [6.45, 7) is 1.84. The van der Waals surface area contributed by atoms with Crippen molar-refractivity contribution in [1.82, 2.24) is 4.90 Å². The molecule has 2 aromatic carbocycles. The van der Waals surface area contributed by atoms with Crippen molar-refractivity contribution in [2.75, 3.05) is 18.6 Å². The number of methoxy groups -OCH3 is 1. The Kier molecular flexibility index (Phi) is 8.71. The summed E-state index contributed by atoms with van der Waals surface area (Å²) in [5.41, 5.74) is -0.325. The number of halogens is 3. The number of carboxylic acids is 1. The standard InChI is InChI=1S/C34H33BrClFN2O8/c1-34-22(31(44)39(33(34)46)17-7-10-24(37)23(36)14-17)15-20-18(28(34)21-12-16(35)13-25(47-2)29(21)42)8-9-19-27(20)32(45)38(30(19)43)11-5-3-4-6-26(40)41/h7-8,10,12-14,19-20,22,27-28,42H,3-6,9,11,15H2,1-2H3,(H,40,41)/t19-,20+,22-,27-,28+,34+/m0/s1. The topological polar surface area (TPSA) is 142 Å². The van der Waals surface area contributed by atoms with Crippen LogP contribution in [0.15, 0.2) is 46.5 Å². The van der Waals surface area contributed by atoms with Crippen molar-refractivity contribution < 1.29 is 43.3 Å². The number of carbonyl (C=O) groups is 5. The van der Waals surface area contributed by atoms with Crippen molar-refractivity contribution in [1.29, 1.82) is 0 Å². The van der Waals surface area contributed by atoms with Gasteiger partial charge in [-0.25, -0.2) is 9.29 Å². The summed E-state index contributed by atoms with van der Waals surface area (Å²) in [5.74, 6) is -7.31. The lowest BCUT2D eigenvalue weighted by Gasteiger charge is -2.49. The van der Waals surface area contributed by atoms with E-state index < -0.39 is 58.6 Å². The van der Waals surface area contributed by atoms with Crippen LogP contribution in [0, 0.1) is 34.9 Å². The van der Waals surface area contributed by atoms with Crippen molar-refractivity contribution >= 4 is 62.8 Å². The van der Waals surface area contributed by atoms with Crippen LogP contribution in [0.4, 0.5) is 10.1 Å². The van der Waals surface area contributed by atoms with E-state index in [-0.39, 0.29) is 59.8 Å². The summed E-state index contributed by atoms with van der Waals surface area (Å²) in [4.78, 5) is 69.6. The molecule has 6 rings (SSSR count). The van der Waals surface area contributed by atoms with Crippen molar-refractivity contribution in [2.45, 2.75) is 51.4 Å². The van der Waals surface area contributed by atoms with Crippen LogP contribution in [0.25, 0.3) is 0 Å². The Morgan fingerprint density at radius 2 is 1.83 bits per heavy atom. The van der Waals surface area contributed by atoms with E-state index in [1.54, 1.807) is 19.1 Å². The number of imide groups is 2. The van der Waals surface area contributed by atoms with Gasteiger partial charge in [0.05, 0.1) is 41.0 Å². The van der Waals surface area contributed by atoms with Crippen LogP contribution in [0.1, 0.15) is 56.9 Å². The molecule has 0 unspecified atom stereocenters. The van der Waals surface area contributed by atoms with Gasteiger partial charge in [0.25, 0.3) is 0 Å². The van der Waals surface area contributed by atoms with Gasteiger partial charge in [0.2, 0.25) is 23.6 Å². The summed E-state index contributed by atoms with van der Waals surface area (Å²) >= 11 is 9.53. The molecule has 2 aliphatic carbocycles. The SMILES string of the molecule is COc1cc(Br)cc([C@H]2C3=CC[C@@H]4C(=O)N(CCCCCC(=O)O)C(=O)[C@@H]4[C@@H]3C[C@H]3C(=O)N(c4ccc(F)c(Cl)c4)C(=O)[C@@]23C)c1O. The Bertz CT molecular complexity index is 1750. The Labute approximate surface area is 283 Å². The summed E-state index contributed by atoms with van der Waals surface area (Å²) < 4.78 is 20.1. The van der Waals surface area contributed by atoms with Gasteiger partial charge in [0.15, 0.2) is 11.5 Å². The van der Waals surface area contributed by atoms with Gasteiger partial charge in [-0.2, -0.15) is 0 Å². The van der Waals surface area contributed by atoms with Gasteiger partial charge in [-0.05, 0) is 68.9 Å². The first-order valence-electron chi connectivity index (χ1n) is 15.5. The zero-order valence-electron chi connectivity index (χ0n) is 25.7. The molecule has 0 aromatic heterocycles. The highest BCUT2D eigenvalue weighted by Crippen LogP contribution is 2.65. The van der Waals surface area contributed by atoms with Crippen LogP contribution in [0.5, 0.6) is 11.5 Å². The van der Waals surface area contributed by atoms with Crippen LogP contribution in [-0.2, 0) is 24.0 Å². The lowest BCUT2D eigenvalue weighted by molar-refractivity contribution is -0.141. The number of phenolic OH excluding ortho intramolecular Hbond substituents is 1. The molecule has 2 saturated heterocycles. The van der Waals surface area contributed by atoms with Crippen molar-refractivity contribution in [3.8, 4) is 11.5 Å². The number of nitrogens with zero attached hydrogens (tertiary/aromatic N) is 2. The van der Waals surface area contributed by atoms with Gasteiger partial charge in [-0.3, -0.25) is 28.9 Å². The molecular formula is C34H33BrClFN2O8. The molecule has 2 N–H and O–H groups in total. The molecule has 0 radical (unpaired) electrons. The quantitative estimate of drug-likeness (QED) is 0.187. The fraction of sp³-hybridized carbons (Fsp3) is 0.441. The highest BCUT2D eigenvalue weighted by Gasteiger charge is 2.68. The third-order valence-electron chi connectivity index (χ3n) is 10.4. The number of rotatable bonds is 9. The van der Waals surface area contributed by atoms with Gasteiger partial charge in [-0.1, -0.05) is 45.6 Å². The normalized spacial score (nSPS) is 28.3. The fourth-order valence-electron chi connectivity index (χ4n) is 8.21. The number of fused-ring (bicyclic) bond motifs is 4. The Morgan fingerprint density at radius 1 is 1.09 bits per heavy atom. The van der Waals surface area contributed by atoms with Crippen LogP contribution in [0.3, 0.4) is 0 Å². The Balaban J connectivity index is 1.43. The highest BCUT2D eigenvalue weighted by atomic mass is 79.9. The smallest absolute Gasteiger partial charge is 0.303 e. The fourth-order valence-corrected chi connectivity index (χ4v) is 8.84. The number of aromatic hydroxyl groups is 1. The molecular weight excluding hydrogens is 699 g/mol. The number of unbranched alkanes of at least 4 members (excludes halogenated alkanes) is 2. The summed E-state index contributed by atoms with van der Waals surface area (Å²) in [6, 6.07) is 6.85. The van der Waals surface area contributed by atoms with Crippen LogP contribution in [0.2, 0.25) is 5.02 Å². The van der Waals surface area contributed by atoms with E-state index in [1.165, 1.54) is 24.1 Å². The van der Waals surface area contributed by atoms with Gasteiger partial charge < -0.3 is 14.9 Å². The Hall–Kier alpha value is -3.77. The molecule has 2 aromatic rings. The molecule has 13 heteroatoms. The van der Waals surface area contributed by atoms with Gasteiger partial charge in [0.1, 0.15) is 5.82 Å². The minimum Gasteiger partial charge on any atom is -0.504 e. The number of allylic oxidation sites excluding steroid dienone is 2. The van der Waals surface area contributed by atoms with E-state index >= 15 is 0 Å². The number of phenols is 1. The lowest BCUT2D eigenvalue weighted by Crippen LogP contribution is -2.49. The third kappa shape index (κ3) is 5.24. The maximum Gasteiger partial charge on any atom is 0.303 e.